The number of carbonyl (C=O) groups is 4. The van der Waals surface area contributed by atoms with E-state index in [2.05, 4.69) is 0 Å². The average molecular weight is 1150 g/mol. The van der Waals surface area contributed by atoms with Crippen LogP contribution >= 0.6 is 0 Å². The second-order valence-electron chi connectivity index (χ2n) is 31.3. The Morgan fingerprint density at radius 2 is 0.446 bits per heavy atom. The van der Waals surface area contributed by atoms with Crippen LogP contribution in [0.5, 0.6) is 23.0 Å². The topological polar surface area (TPSA) is 186 Å². The molecule has 0 bridgehead atoms. The van der Waals surface area contributed by atoms with Crippen LogP contribution in [0.1, 0.15) is 259 Å². The lowest BCUT2D eigenvalue weighted by Gasteiger charge is -2.32. The third kappa shape index (κ3) is 19.0. The van der Waals surface area contributed by atoms with Gasteiger partial charge in [-0.25, -0.2) is 0 Å². The number of aryl methyl sites for hydroxylation is 4. The van der Waals surface area contributed by atoms with Gasteiger partial charge in [-0.15, -0.1) is 0 Å². The molecular weight excluding hydrogens is 1040 g/mol. The maximum Gasteiger partial charge on any atom is 0.325 e. The highest BCUT2D eigenvalue weighted by molar-refractivity contribution is 5.74. The van der Waals surface area contributed by atoms with Crippen LogP contribution in [0.3, 0.4) is 0 Å². The first-order valence-electron chi connectivity index (χ1n) is 29.7. The first-order valence-corrected chi connectivity index (χ1v) is 29.7. The summed E-state index contributed by atoms with van der Waals surface area (Å²) in [5.41, 5.74) is 5.41. The second-order valence-corrected chi connectivity index (χ2v) is 31.3. The van der Waals surface area contributed by atoms with Crippen molar-refractivity contribution in [2.45, 2.75) is 267 Å². The number of phenolic OH excluding ortho intramolecular Hbond substituents is 4. The third-order valence-corrected chi connectivity index (χ3v) is 15.1. The van der Waals surface area contributed by atoms with Crippen molar-refractivity contribution in [3.05, 3.63) is 115 Å². The number of ether oxygens (including phenoxy) is 4. The fourth-order valence-corrected chi connectivity index (χ4v) is 10.1. The Morgan fingerprint density at radius 3 is 0.602 bits per heavy atom. The van der Waals surface area contributed by atoms with Gasteiger partial charge in [0.25, 0.3) is 0 Å². The summed E-state index contributed by atoms with van der Waals surface area (Å²) in [4.78, 5) is 57.2. The van der Waals surface area contributed by atoms with E-state index >= 15 is 0 Å². The number of hydrogen-bond donors (Lipinski definition) is 4. The maximum atomic E-state index is 14.5. The molecule has 4 aromatic rings. The molecule has 12 heteroatoms. The van der Waals surface area contributed by atoms with Crippen molar-refractivity contribution in [1.29, 1.82) is 0 Å². The Kier molecular flexibility index (Phi) is 21.1. The van der Waals surface area contributed by atoms with Crippen LogP contribution in [0, 0.1) is 0 Å². The van der Waals surface area contributed by atoms with Gasteiger partial charge in [0.15, 0.2) is 13.2 Å². The summed E-state index contributed by atoms with van der Waals surface area (Å²) in [7, 11) is 0. The highest BCUT2D eigenvalue weighted by Crippen LogP contribution is 2.44. The lowest BCUT2D eigenvalue weighted by molar-refractivity contribution is -0.258. The molecule has 12 nitrogen and oxygen atoms in total. The molecule has 0 aliphatic heterocycles. The Labute approximate surface area is 498 Å². The van der Waals surface area contributed by atoms with Crippen LogP contribution in [0.4, 0.5) is 0 Å². The molecule has 0 spiro atoms. The summed E-state index contributed by atoms with van der Waals surface area (Å²) in [6, 6.07) is 15.1. The molecule has 0 saturated heterocycles. The molecule has 0 radical (unpaired) electrons. The van der Waals surface area contributed by atoms with Gasteiger partial charge >= 0.3 is 29.7 Å². The molecule has 0 heterocycles. The molecule has 4 aromatic carbocycles. The van der Waals surface area contributed by atoms with Gasteiger partial charge < -0.3 is 39.4 Å². The number of esters is 4. The quantitative estimate of drug-likeness (QED) is 0.0420. The summed E-state index contributed by atoms with van der Waals surface area (Å²) < 4.78 is 24.4. The van der Waals surface area contributed by atoms with Crippen LogP contribution in [0.15, 0.2) is 48.5 Å². The summed E-state index contributed by atoms with van der Waals surface area (Å²) in [5, 5.41) is 45.8. The molecule has 0 saturated carbocycles. The fourth-order valence-electron chi connectivity index (χ4n) is 10.1. The number of aromatic hydroxyl groups is 4. The Morgan fingerprint density at radius 1 is 0.289 bits per heavy atom. The maximum absolute atomic E-state index is 14.5. The van der Waals surface area contributed by atoms with Crippen LogP contribution in [0.25, 0.3) is 0 Å². The fraction of sp³-hybridized carbons (Fsp3) is 0.606. The molecule has 4 rings (SSSR count). The molecule has 460 valence electrons. The van der Waals surface area contributed by atoms with E-state index in [1.807, 2.05) is 215 Å². The predicted octanol–water partition coefficient (Wildman–Crippen LogP) is 15.6. The zero-order valence-electron chi connectivity index (χ0n) is 55.2. The van der Waals surface area contributed by atoms with Crippen molar-refractivity contribution < 1.29 is 58.6 Å². The summed E-state index contributed by atoms with van der Waals surface area (Å²) in [6.07, 6.45) is -0.0151. The van der Waals surface area contributed by atoms with E-state index in [9.17, 15) is 39.6 Å². The van der Waals surface area contributed by atoms with Crippen LogP contribution in [-0.2, 0) is 107 Å². The first kappa shape index (κ1) is 69.5. The largest absolute Gasteiger partial charge is 0.507 e. The molecule has 83 heavy (non-hydrogen) atoms. The van der Waals surface area contributed by atoms with Gasteiger partial charge in [-0.1, -0.05) is 215 Å². The molecule has 4 N–H and O–H groups in total. The van der Waals surface area contributed by atoms with Gasteiger partial charge in [-0.2, -0.15) is 0 Å². The van der Waals surface area contributed by atoms with Gasteiger partial charge in [0.2, 0.25) is 0 Å². The SMILES string of the molecule is CC(C)(C)c1cc(CCC(=O)OCC(COC(=O)CCc2cc(C(C)(C)C)c(O)c(C(C)(C)C)c2)(OC(=O)CCc2cc(C(C)(C)C)c(O)c(C(C)(C)C)c2)OC(=O)CCc2cc(C(C)(C)C)c(O)c(C(C)(C)C)c2)cc(C(C)(C)C)c1O. The molecule has 0 atom stereocenters. The van der Waals surface area contributed by atoms with Gasteiger partial charge in [0, 0.05) is 25.7 Å². The zero-order valence-corrected chi connectivity index (χ0v) is 55.2. The molecule has 0 aliphatic rings. The van der Waals surface area contributed by atoms with E-state index in [0.717, 1.165) is 44.5 Å². The summed E-state index contributed by atoms with van der Waals surface area (Å²) in [6.45, 7) is 46.5. The minimum atomic E-state index is -2.46. The lowest BCUT2D eigenvalue weighted by atomic mass is 9.78. The van der Waals surface area contributed by atoms with E-state index in [0.29, 0.717) is 22.3 Å². The summed E-state index contributed by atoms with van der Waals surface area (Å²) >= 11 is 0. The van der Waals surface area contributed by atoms with Crippen molar-refractivity contribution in [3.8, 4) is 23.0 Å². The Balaban J connectivity index is 1.82. The van der Waals surface area contributed by atoms with Crippen LogP contribution in [-0.4, -0.2) is 63.3 Å². The molecule has 0 unspecified atom stereocenters. The molecule has 0 aromatic heterocycles. The van der Waals surface area contributed by atoms with Crippen molar-refractivity contribution in [3.63, 3.8) is 0 Å². The molecule has 0 fully saturated rings. The van der Waals surface area contributed by atoms with E-state index in [1.54, 1.807) is 0 Å². The van der Waals surface area contributed by atoms with Crippen LogP contribution < -0.4 is 0 Å². The summed E-state index contributed by atoms with van der Waals surface area (Å²) in [5.74, 6) is -4.78. The Bertz CT molecular complexity index is 2650. The van der Waals surface area contributed by atoms with Crippen molar-refractivity contribution in [2.24, 2.45) is 0 Å². The van der Waals surface area contributed by atoms with Crippen LogP contribution in [0.2, 0.25) is 0 Å². The van der Waals surface area contributed by atoms with Crippen molar-refractivity contribution in [2.75, 3.05) is 13.2 Å². The van der Waals surface area contributed by atoms with E-state index in [4.69, 9.17) is 18.9 Å². The third-order valence-electron chi connectivity index (χ3n) is 15.1. The van der Waals surface area contributed by atoms with E-state index < -0.39 is 86.2 Å². The van der Waals surface area contributed by atoms with E-state index in [1.165, 1.54) is 0 Å². The smallest absolute Gasteiger partial charge is 0.325 e. The second kappa shape index (κ2) is 25.3. The molecule has 0 aliphatic carbocycles. The average Bonchev–Trinajstić information content (AvgIpc) is 3.35. The Hall–Kier alpha value is -6.04. The highest BCUT2D eigenvalue weighted by Gasteiger charge is 2.43. The van der Waals surface area contributed by atoms with E-state index in [-0.39, 0.29) is 74.4 Å². The van der Waals surface area contributed by atoms with Gasteiger partial charge in [0.1, 0.15) is 23.0 Å². The normalized spacial score (nSPS) is 13.2. The minimum absolute atomic E-state index is 0.143. The zero-order chi connectivity index (χ0) is 63.6. The lowest BCUT2D eigenvalue weighted by Crippen LogP contribution is -2.49. The van der Waals surface area contributed by atoms with Crippen molar-refractivity contribution in [1.82, 2.24) is 0 Å². The highest BCUT2D eigenvalue weighted by atomic mass is 16.8. The first-order chi connectivity index (χ1) is 37.4. The van der Waals surface area contributed by atoms with Gasteiger partial charge in [0.05, 0.1) is 0 Å². The van der Waals surface area contributed by atoms with Gasteiger partial charge in [-0.3, -0.25) is 19.2 Å². The monoisotopic (exact) mass is 1150 g/mol. The van der Waals surface area contributed by atoms with Crippen molar-refractivity contribution >= 4 is 23.9 Å². The standard InChI is InChI=1S/C71H104O12/c1-63(2,3)47-33-43(34-48(59(47)76)64(4,5)6)25-29-55(72)80-41-71(82-57(74)31-27-45-37-51(67(13,14)15)61(78)52(38-45)68(16,17)18,83-58(75)32-28-46-39-53(69(19,20)21)62(79)54(40-46)70(22,23)24)42-81-56(73)30-26-44-35-49(65(7,8)9)60(77)50(36-44)66(10,11)12/h33-40,76-79H,25-32,41-42H2,1-24H3. The number of carbonyl (C=O) groups excluding carboxylic acids is 4. The number of hydrogen-bond acceptors (Lipinski definition) is 12. The van der Waals surface area contributed by atoms with Gasteiger partial charge in [-0.05, 0) is 136 Å². The number of benzene rings is 4. The number of phenols is 4. The number of rotatable bonds is 18. The minimum Gasteiger partial charge on any atom is -0.507 e. The molecule has 0 amide bonds. The predicted molar refractivity (Wildman–Crippen MR) is 332 cm³/mol. The molecular formula is C71H104O12.